The highest BCUT2D eigenvalue weighted by Crippen LogP contribution is 2.41. The second kappa shape index (κ2) is 15.6. The molecule has 0 bridgehead atoms. The smallest absolute Gasteiger partial charge is 0.227 e. The van der Waals surface area contributed by atoms with Crippen molar-refractivity contribution in [3.8, 4) is 0 Å². The molecule has 0 aromatic carbocycles. The van der Waals surface area contributed by atoms with E-state index in [0.717, 1.165) is 6.29 Å². The maximum absolute atomic E-state index is 14.0. The molecule has 8 heteroatoms. The number of aliphatic hydroxyl groups is 1. The van der Waals surface area contributed by atoms with E-state index >= 15 is 0 Å². The first-order chi connectivity index (χ1) is 18.4. The summed E-state index contributed by atoms with van der Waals surface area (Å²) in [5.41, 5.74) is 0. The normalized spacial score (nSPS) is 19.5. The summed E-state index contributed by atoms with van der Waals surface area (Å²) in [5, 5.41) is 11.3. The first-order valence-electron chi connectivity index (χ1n) is 15.4. The molecule has 1 N–H and O–H groups in total. The predicted octanol–water partition coefficient (Wildman–Crippen LogP) is 7.71. The van der Waals surface area contributed by atoms with Crippen LogP contribution in [0.4, 0.5) is 0 Å². The molecule has 0 aromatic heterocycles. The second-order valence-corrected chi connectivity index (χ2v) is 25.0. The number of carbonyl (C=O) groups is 2. The molecule has 0 heterocycles. The molecule has 240 valence electrons. The van der Waals surface area contributed by atoms with Gasteiger partial charge in [-0.15, -0.1) is 0 Å². The van der Waals surface area contributed by atoms with E-state index in [4.69, 9.17) is 8.85 Å². The van der Waals surface area contributed by atoms with Gasteiger partial charge >= 0.3 is 0 Å². The van der Waals surface area contributed by atoms with Crippen molar-refractivity contribution in [2.24, 2.45) is 29.6 Å². The minimum absolute atomic E-state index is 0.00703. The van der Waals surface area contributed by atoms with Crippen molar-refractivity contribution in [3.05, 3.63) is 24.8 Å². The van der Waals surface area contributed by atoms with E-state index in [1.165, 1.54) is 0 Å². The summed E-state index contributed by atoms with van der Waals surface area (Å²) >= 11 is 0. The summed E-state index contributed by atoms with van der Waals surface area (Å²) < 4.78 is 13.6. The minimum atomic E-state index is -2.26. The molecule has 0 aliphatic heterocycles. The van der Waals surface area contributed by atoms with Gasteiger partial charge in [-0.1, -0.05) is 101 Å². The highest BCUT2D eigenvalue weighted by molar-refractivity contribution is 6.74. The number of aldehydes is 1. The number of rotatable bonds is 16. The lowest BCUT2D eigenvalue weighted by molar-refractivity contribution is -0.140. The van der Waals surface area contributed by atoms with Gasteiger partial charge in [-0.25, -0.2) is 0 Å². The van der Waals surface area contributed by atoms with Gasteiger partial charge in [-0.2, -0.15) is 0 Å². The molecule has 0 spiro atoms. The zero-order valence-corrected chi connectivity index (χ0v) is 31.4. The number of amides is 1. The Hall–Kier alpha value is -1.07. The van der Waals surface area contributed by atoms with Gasteiger partial charge in [0.25, 0.3) is 0 Å². The van der Waals surface area contributed by atoms with Crippen molar-refractivity contribution in [2.45, 2.75) is 131 Å². The fourth-order valence-corrected chi connectivity index (χ4v) is 7.61. The average molecular weight is 612 g/mol. The Labute approximate surface area is 255 Å². The molecule has 8 atom stereocenters. The van der Waals surface area contributed by atoms with E-state index in [0.29, 0.717) is 6.54 Å². The van der Waals surface area contributed by atoms with Gasteiger partial charge in [-0.3, -0.25) is 4.79 Å². The van der Waals surface area contributed by atoms with Crippen LogP contribution < -0.4 is 0 Å². The molecule has 0 fully saturated rings. The fourth-order valence-electron chi connectivity index (χ4n) is 4.67. The molecule has 4 unspecified atom stereocenters. The Morgan fingerprint density at radius 2 is 1.32 bits per heavy atom. The molecule has 0 saturated heterocycles. The maximum atomic E-state index is 14.0. The Balaban J connectivity index is 6.19. The van der Waals surface area contributed by atoms with Gasteiger partial charge < -0.3 is 23.7 Å². The zero-order valence-electron chi connectivity index (χ0n) is 29.4. The Bertz CT molecular complexity index is 874. The van der Waals surface area contributed by atoms with Crippen LogP contribution in [0.2, 0.25) is 36.3 Å². The van der Waals surface area contributed by atoms with Crippen LogP contribution in [0.5, 0.6) is 0 Å². The van der Waals surface area contributed by atoms with E-state index in [1.54, 1.807) is 11.0 Å². The number of hydrogen-bond acceptors (Lipinski definition) is 5. The van der Waals surface area contributed by atoms with E-state index < -0.39 is 34.8 Å². The number of carbonyl (C=O) groups excluding carboxylic acids is 2. The highest BCUT2D eigenvalue weighted by Gasteiger charge is 2.45. The Morgan fingerprint density at radius 1 is 0.878 bits per heavy atom. The van der Waals surface area contributed by atoms with Crippen LogP contribution in [-0.4, -0.2) is 70.7 Å². The quantitative estimate of drug-likeness (QED) is 0.110. The second-order valence-electron chi connectivity index (χ2n) is 15.5. The third-order valence-electron chi connectivity index (χ3n) is 9.73. The van der Waals surface area contributed by atoms with Crippen LogP contribution in [0.1, 0.15) is 76.2 Å². The number of hydrogen-bond donors (Lipinski definition) is 1. The molecule has 0 rings (SSSR count). The van der Waals surface area contributed by atoms with Gasteiger partial charge in [0.05, 0.1) is 24.2 Å². The molecule has 0 aliphatic carbocycles. The van der Waals surface area contributed by atoms with Crippen LogP contribution in [0.15, 0.2) is 24.8 Å². The molecule has 1 amide bonds. The van der Waals surface area contributed by atoms with Crippen LogP contribution in [-0.2, 0) is 18.4 Å². The summed E-state index contributed by atoms with van der Waals surface area (Å²) in [6.07, 6.45) is 5.03. The third kappa shape index (κ3) is 11.2. The van der Waals surface area contributed by atoms with Gasteiger partial charge in [0, 0.05) is 31.3 Å². The van der Waals surface area contributed by atoms with E-state index in [2.05, 4.69) is 81.2 Å². The van der Waals surface area contributed by atoms with E-state index in [1.807, 2.05) is 46.9 Å². The summed E-state index contributed by atoms with van der Waals surface area (Å²) in [5.74, 6) is -1.22. The van der Waals surface area contributed by atoms with Crippen LogP contribution in [0, 0.1) is 29.6 Å². The van der Waals surface area contributed by atoms with Crippen molar-refractivity contribution in [2.75, 3.05) is 13.6 Å². The fraction of sp³-hybridized carbons (Fsp3) is 0.818. The van der Waals surface area contributed by atoms with Gasteiger partial charge in [0.15, 0.2) is 16.6 Å². The minimum Gasteiger partial charge on any atom is -0.413 e. The molecule has 6 nitrogen and oxygen atoms in total. The average Bonchev–Trinajstić information content (AvgIpc) is 2.85. The lowest BCUT2D eigenvalue weighted by Gasteiger charge is -2.45. The van der Waals surface area contributed by atoms with E-state index in [9.17, 15) is 14.7 Å². The molecule has 41 heavy (non-hydrogen) atoms. The largest absolute Gasteiger partial charge is 0.413 e. The number of allylic oxidation sites excluding steroid dienone is 2. The summed E-state index contributed by atoms with van der Waals surface area (Å²) in [6.45, 7) is 35.9. The SMILES string of the molecule is C=C/C=C\[C@H](C)C(O)C(C)C(O[Si](C)(C)C(C)(C)C)C(C)C(=O)N(C)C[C@H](C)[C@@H](O[Si](C)(C)C(C)(C)C)[C@@H](C)C=O. The van der Waals surface area contributed by atoms with Crippen molar-refractivity contribution in [3.63, 3.8) is 0 Å². The van der Waals surface area contributed by atoms with Crippen molar-refractivity contribution >= 4 is 28.8 Å². The summed E-state index contributed by atoms with van der Waals surface area (Å²) in [4.78, 5) is 27.6. The van der Waals surface area contributed by atoms with E-state index in [-0.39, 0.29) is 45.8 Å². The van der Waals surface area contributed by atoms with Crippen LogP contribution in [0.25, 0.3) is 0 Å². The highest BCUT2D eigenvalue weighted by atomic mass is 28.4. The zero-order chi connectivity index (χ0) is 32.7. The van der Waals surface area contributed by atoms with Crippen molar-refractivity contribution in [1.29, 1.82) is 0 Å². The number of aliphatic hydroxyl groups excluding tert-OH is 1. The molecular weight excluding hydrogens is 547 g/mol. The van der Waals surface area contributed by atoms with Gasteiger partial charge in [-0.05, 0) is 42.2 Å². The van der Waals surface area contributed by atoms with Gasteiger partial charge in [0.2, 0.25) is 5.91 Å². The molecule has 0 radical (unpaired) electrons. The maximum Gasteiger partial charge on any atom is 0.227 e. The lowest BCUT2D eigenvalue weighted by atomic mass is 9.83. The van der Waals surface area contributed by atoms with Gasteiger partial charge in [0.1, 0.15) is 6.29 Å². The van der Waals surface area contributed by atoms with Crippen LogP contribution in [0.3, 0.4) is 0 Å². The number of nitrogens with zero attached hydrogens (tertiary/aromatic N) is 1. The molecule has 0 aliphatic rings. The predicted molar refractivity (Wildman–Crippen MR) is 179 cm³/mol. The Kier molecular flexibility index (Phi) is 15.2. The van der Waals surface area contributed by atoms with Crippen molar-refractivity contribution < 1.29 is 23.5 Å². The summed E-state index contributed by atoms with van der Waals surface area (Å²) in [6, 6.07) is 0. The first-order valence-corrected chi connectivity index (χ1v) is 21.2. The lowest BCUT2D eigenvalue weighted by Crippen LogP contribution is -2.53. The molecule has 0 aromatic rings. The third-order valence-corrected chi connectivity index (χ3v) is 18.7. The van der Waals surface area contributed by atoms with Crippen LogP contribution >= 0.6 is 0 Å². The molecular formula is C33H65NO5Si2. The Morgan fingerprint density at radius 3 is 1.71 bits per heavy atom. The monoisotopic (exact) mass is 611 g/mol. The topological polar surface area (TPSA) is 76.1 Å². The first kappa shape index (κ1) is 39.9. The van der Waals surface area contributed by atoms with Crippen molar-refractivity contribution in [1.82, 2.24) is 4.90 Å². The standard InChI is InChI=1S/C33H65NO5Si2/c1-18-19-20-23(2)28(36)26(5)30(39-41(16,17)33(10,11)12)27(6)31(37)34(13)21-24(3)29(25(4)22-35)38-40(14,15)32(7,8)9/h18-20,22-30,36H,1,21H2,2-17H3/b20-19-/t23-,24-,25-,26?,27?,28?,29+,30?/m0/s1. The summed E-state index contributed by atoms with van der Waals surface area (Å²) in [7, 11) is -2.58. The molecule has 0 saturated carbocycles.